The Labute approximate surface area is 164 Å². The molecule has 6 aromatic rings. The summed E-state index contributed by atoms with van der Waals surface area (Å²) < 4.78 is 5.56. The lowest BCUT2D eigenvalue weighted by Crippen LogP contribution is -1.80. The standard InChI is InChI=1S/C18H12N4S4/c1-9-13-10(2)15(12-8-22-4-6-24-18(22)20-12)26-16(13)25-14(9)11-7-21-3-5-23-17(21)19-11/h3-8H,1-2H3. The Morgan fingerprint density at radius 2 is 1.27 bits per heavy atom. The Morgan fingerprint density at radius 1 is 0.769 bits per heavy atom. The van der Waals surface area contributed by atoms with Crippen molar-refractivity contribution in [2.24, 2.45) is 0 Å². The number of imidazole rings is 2. The number of aryl methyl sites for hydroxylation is 2. The molecule has 0 saturated heterocycles. The normalized spacial score (nSPS) is 12.2. The van der Waals surface area contributed by atoms with E-state index in [4.69, 9.17) is 9.97 Å². The number of thiophene rings is 2. The summed E-state index contributed by atoms with van der Waals surface area (Å²) in [5.41, 5.74) is 4.81. The van der Waals surface area contributed by atoms with Gasteiger partial charge in [-0.1, -0.05) is 0 Å². The summed E-state index contributed by atoms with van der Waals surface area (Å²) in [4.78, 5) is 14.2. The van der Waals surface area contributed by atoms with Gasteiger partial charge in [0.15, 0.2) is 9.92 Å². The summed E-state index contributed by atoms with van der Waals surface area (Å²) in [6.07, 6.45) is 8.40. The van der Waals surface area contributed by atoms with Gasteiger partial charge in [-0.05, 0) is 25.0 Å². The third-order valence-corrected chi connectivity index (χ3v) is 8.94. The summed E-state index contributed by atoms with van der Waals surface area (Å²) in [6.45, 7) is 4.44. The third kappa shape index (κ3) is 1.98. The number of nitrogens with zero attached hydrogens (tertiary/aromatic N) is 4. The summed E-state index contributed by atoms with van der Waals surface area (Å²) in [5.74, 6) is 0. The first kappa shape index (κ1) is 15.1. The zero-order valence-corrected chi connectivity index (χ0v) is 17.2. The number of thiazole rings is 2. The maximum Gasteiger partial charge on any atom is 0.194 e. The predicted molar refractivity (Wildman–Crippen MR) is 113 cm³/mol. The van der Waals surface area contributed by atoms with Crippen molar-refractivity contribution in [3.8, 4) is 21.1 Å². The van der Waals surface area contributed by atoms with E-state index in [1.165, 1.54) is 30.3 Å². The molecule has 0 unspecified atom stereocenters. The number of rotatable bonds is 2. The van der Waals surface area contributed by atoms with Gasteiger partial charge >= 0.3 is 0 Å². The predicted octanol–water partition coefficient (Wildman–Crippen LogP) is 6.33. The van der Waals surface area contributed by atoms with E-state index in [9.17, 15) is 0 Å². The summed E-state index contributed by atoms with van der Waals surface area (Å²) in [7, 11) is 0. The summed E-state index contributed by atoms with van der Waals surface area (Å²) in [5, 5.41) is 5.51. The molecule has 0 radical (unpaired) electrons. The van der Waals surface area contributed by atoms with Crippen LogP contribution >= 0.6 is 45.3 Å². The molecule has 0 aliphatic heterocycles. The van der Waals surface area contributed by atoms with Crippen LogP contribution in [-0.2, 0) is 0 Å². The van der Waals surface area contributed by atoms with Crippen LogP contribution in [0.15, 0.2) is 35.5 Å². The van der Waals surface area contributed by atoms with Crippen LogP contribution < -0.4 is 0 Å². The first-order valence-corrected chi connectivity index (χ1v) is 11.5. The SMILES string of the molecule is Cc1c(-c2cn3ccsc3n2)sc2sc(-c3cn4ccsc4n3)c(C)c12. The molecule has 6 rings (SSSR count). The van der Waals surface area contributed by atoms with E-state index in [1.807, 2.05) is 22.7 Å². The van der Waals surface area contributed by atoms with Gasteiger partial charge in [0.1, 0.15) is 11.4 Å². The highest BCUT2D eigenvalue weighted by Crippen LogP contribution is 2.47. The van der Waals surface area contributed by atoms with Crippen LogP contribution in [0.25, 0.3) is 40.5 Å². The van der Waals surface area contributed by atoms with Crippen molar-refractivity contribution in [3.05, 3.63) is 46.7 Å². The van der Waals surface area contributed by atoms with Gasteiger partial charge in [-0.15, -0.1) is 45.3 Å². The Hall–Kier alpha value is -2.00. The average molecular weight is 413 g/mol. The van der Waals surface area contributed by atoms with Crippen molar-refractivity contribution in [1.82, 2.24) is 18.8 Å². The molecular formula is C18H12N4S4. The first-order valence-electron chi connectivity index (χ1n) is 8.06. The molecule has 0 aliphatic carbocycles. The maximum absolute atomic E-state index is 4.79. The smallest absolute Gasteiger partial charge is 0.194 e. The second-order valence-corrected chi connectivity index (χ2v) is 10.3. The quantitative estimate of drug-likeness (QED) is 0.333. The number of hydrogen-bond acceptors (Lipinski definition) is 6. The van der Waals surface area contributed by atoms with Crippen LogP contribution in [0.3, 0.4) is 0 Å². The maximum atomic E-state index is 4.79. The van der Waals surface area contributed by atoms with E-state index in [2.05, 4.69) is 58.2 Å². The lowest BCUT2D eigenvalue weighted by atomic mass is 10.1. The molecule has 0 saturated carbocycles. The number of fused-ring (bicyclic) bond motifs is 3. The highest BCUT2D eigenvalue weighted by molar-refractivity contribution is 7.41. The molecule has 8 heteroatoms. The molecule has 0 bridgehead atoms. The molecular weight excluding hydrogens is 400 g/mol. The van der Waals surface area contributed by atoms with Crippen molar-refractivity contribution in [3.63, 3.8) is 0 Å². The van der Waals surface area contributed by atoms with E-state index in [-0.39, 0.29) is 0 Å². The Bertz CT molecular complexity index is 1260. The van der Waals surface area contributed by atoms with E-state index >= 15 is 0 Å². The monoisotopic (exact) mass is 412 g/mol. The summed E-state index contributed by atoms with van der Waals surface area (Å²) >= 11 is 7.04. The fraction of sp³-hybridized carbons (Fsp3) is 0.111. The van der Waals surface area contributed by atoms with Crippen molar-refractivity contribution in [2.75, 3.05) is 0 Å². The van der Waals surface area contributed by atoms with Gasteiger partial charge in [0.2, 0.25) is 0 Å². The van der Waals surface area contributed by atoms with Crippen molar-refractivity contribution in [1.29, 1.82) is 0 Å². The Morgan fingerprint density at radius 3 is 1.69 bits per heavy atom. The van der Waals surface area contributed by atoms with Crippen LogP contribution in [0.1, 0.15) is 11.1 Å². The van der Waals surface area contributed by atoms with Gasteiger partial charge in [0, 0.05) is 40.9 Å². The zero-order chi connectivity index (χ0) is 17.4. The zero-order valence-electron chi connectivity index (χ0n) is 13.9. The Kier molecular flexibility index (Phi) is 3.05. The van der Waals surface area contributed by atoms with Gasteiger partial charge < -0.3 is 0 Å². The highest BCUT2D eigenvalue weighted by Gasteiger charge is 2.21. The van der Waals surface area contributed by atoms with Crippen LogP contribution in [0.2, 0.25) is 0 Å². The van der Waals surface area contributed by atoms with Crippen molar-refractivity contribution in [2.45, 2.75) is 13.8 Å². The van der Waals surface area contributed by atoms with Crippen molar-refractivity contribution >= 4 is 64.7 Å². The van der Waals surface area contributed by atoms with Gasteiger partial charge in [0.05, 0.1) is 13.8 Å². The minimum Gasteiger partial charge on any atom is -0.297 e. The average Bonchev–Trinajstić information content (AvgIpc) is 3.36. The first-order chi connectivity index (χ1) is 12.7. The Balaban J connectivity index is 1.54. The summed E-state index contributed by atoms with van der Waals surface area (Å²) in [6, 6.07) is 0. The van der Waals surface area contributed by atoms with Crippen molar-refractivity contribution < 1.29 is 0 Å². The minimum atomic E-state index is 1.05. The second kappa shape index (κ2) is 5.26. The van der Waals surface area contributed by atoms with E-state index < -0.39 is 0 Å². The molecule has 128 valence electrons. The highest BCUT2D eigenvalue weighted by atomic mass is 32.2. The molecule has 0 atom stereocenters. The number of hydrogen-bond donors (Lipinski definition) is 0. The molecule has 4 nitrogen and oxygen atoms in total. The molecule has 6 heterocycles. The third-order valence-electron chi connectivity index (χ3n) is 4.68. The van der Waals surface area contributed by atoms with Crippen LogP contribution in [0, 0.1) is 13.8 Å². The topological polar surface area (TPSA) is 34.6 Å². The minimum absolute atomic E-state index is 1.05. The molecule has 6 aromatic heterocycles. The fourth-order valence-corrected chi connectivity index (χ4v) is 7.61. The second-order valence-electron chi connectivity index (χ2n) is 6.21. The van der Waals surface area contributed by atoms with Crippen LogP contribution in [0.4, 0.5) is 0 Å². The largest absolute Gasteiger partial charge is 0.297 e. The molecule has 0 fully saturated rings. The lowest BCUT2D eigenvalue weighted by molar-refractivity contribution is 1.23. The van der Waals surface area contributed by atoms with Crippen LogP contribution in [-0.4, -0.2) is 18.8 Å². The molecule has 0 amide bonds. The number of aromatic nitrogens is 4. The van der Waals surface area contributed by atoms with E-state index in [1.54, 1.807) is 22.7 Å². The molecule has 0 N–H and O–H groups in total. The molecule has 0 aliphatic rings. The van der Waals surface area contributed by atoms with Gasteiger partial charge in [-0.3, -0.25) is 8.80 Å². The van der Waals surface area contributed by atoms with E-state index in [0.717, 1.165) is 21.3 Å². The van der Waals surface area contributed by atoms with Gasteiger partial charge in [-0.2, -0.15) is 0 Å². The molecule has 26 heavy (non-hydrogen) atoms. The molecule has 0 aromatic carbocycles. The van der Waals surface area contributed by atoms with Gasteiger partial charge in [-0.25, -0.2) is 9.97 Å². The van der Waals surface area contributed by atoms with Crippen LogP contribution in [0.5, 0.6) is 0 Å². The lowest BCUT2D eigenvalue weighted by Gasteiger charge is -1.98. The molecule has 0 spiro atoms. The fourth-order valence-electron chi connectivity index (χ4n) is 3.44. The van der Waals surface area contributed by atoms with E-state index in [0.29, 0.717) is 0 Å². The van der Waals surface area contributed by atoms with Gasteiger partial charge in [0.25, 0.3) is 0 Å².